The van der Waals surface area contributed by atoms with E-state index < -0.39 is 0 Å². The van der Waals surface area contributed by atoms with Crippen LogP contribution in [0.5, 0.6) is 0 Å². The molecule has 2 fully saturated rings. The number of nitrogens with one attached hydrogen (secondary N) is 2. The van der Waals surface area contributed by atoms with Crippen molar-refractivity contribution in [1.29, 1.82) is 0 Å². The van der Waals surface area contributed by atoms with E-state index in [1.807, 2.05) is 36.9 Å². The van der Waals surface area contributed by atoms with Crippen molar-refractivity contribution >= 4 is 42.3 Å². The molecule has 3 rings (SSSR count). The van der Waals surface area contributed by atoms with E-state index in [9.17, 15) is 9.59 Å². The number of aryl methyl sites for hydroxylation is 2. The highest BCUT2D eigenvalue weighted by molar-refractivity contribution is 5.93. The fourth-order valence-corrected chi connectivity index (χ4v) is 4.00. The van der Waals surface area contributed by atoms with E-state index in [0.29, 0.717) is 18.9 Å². The summed E-state index contributed by atoms with van der Waals surface area (Å²) in [7, 11) is 0. The lowest BCUT2D eigenvalue weighted by molar-refractivity contribution is -0.133. The number of hydrogen-bond donors (Lipinski definition) is 2. The van der Waals surface area contributed by atoms with Crippen LogP contribution in [0.1, 0.15) is 30.4 Å². The molecule has 164 valence electrons. The quantitative estimate of drug-likeness (QED) is 0.707. The summed E-state index contributed by atoms with van der Waals surface area (Å²) in [5.74, 6) is 0.936. The predicted molar refractivity (Wildman–Crippen MR) is 122 cm³/mol. The number of carbonyl (C=O) groups is 2. The molecule has 2 aliphatic rings. The molecule has 0 aliphatic carbocycles. The molecule has 0 saturated carbocycles. The molecule has 2 amide bonds. The van der Waals surface area contributed by atoms with E-state index in [-0.39, 0.29) is 36.6 Å². The molecule has 1 unspecified atom stereocenters. The molecular formula is C21H34Cl2N4O2. The lowest BCUT2D eigenvalue weighted by Gasteiger charge is -2.34. The van der Waals surface area contributed by atoms with Crippen molar-refractivity contribution in [3.8, 4) is 0 Å². The zero-order valence-corrected chi connectivity index (χ0v) is 19.0. The number of carbonyl (C=O) groups excluding carboxylic acids is 2. The second-order valence-corrected chi connectivity index (χ2v) is 7.87. The summed E-state index contributed by atoms with van der Waals surface area (Å²) in [5, 5.41) is 6.40. The lowest BCUT2D eigenvalue weighted by atomic mass is 10.0. The van der Waals surface area contributed by atoms with Crippen LogP contribution >= 0.6 is 24.8 Å². The largest absolute Gasteiger partial charge is 0.340 e. The first-order valence-corrected chi connectivity index (χ1v) is 10.1. The number of benzene rings is 1. The Labute approximate surface area is 186 Å². The van der Waals surface area contributed by atoms with Gasteiger partial charge in [-0.25, -0.2) is 0 Å². The maximum Gasteiger partial charge on any atom is 0.238 e. The average molecular weight is 445 g/mol. The third-order valence-electron chi connectivity index (χ3n) is 5.77. The molecule has 2 N–H and O–H groups in total. The van der Waals surface area contributed by atoms with Crippen molar-refractivity contribution in [2.24, 2.45) is 5.92 Å². The highest BCUT2D eigenvalue weighted by atomic mass is 35.5. The van der Waals surface area contributed by atoms with Crippen LogP contribution in [0.2, 0.25) is 0 Å². The maximum atomic E-state index is 12.4. The van der Waals surface area contributed by atoms with E-state index in [1.54, 1.807) is 0 Å². The van der Waals surface area contributed by atoms with Gasteiger partial charge in [0.15, 0.2) is 0 Å². The molecule has 0 aromatic heterocycles. The number of nitrogens with zero attached hydrogens (tertiary/aromatic N) is 2. The van der Waals surface area contributed by atoms with E-state index >= 15 is 0 Å². The molecule has 1 aromatic carbocycles. The second kappa shape index (κ2) is 12.4. The summed E-state index contributed by atoms with van der Waals surface area (Å²) >= 11 is 0. The van der Waals surface area contributed by atoms with Gasteiger partial charge in [0.25, 0.3) is 0 Å². The number of rotatable bonds is 6. The standard InChI is InChI=1S/C21H32N4O2.2ClH/c1-16-4-3-5-17(2)21(16)23-19(26)15-24-10-12-25(13-11-24)20(27)7-6-18-8-9-22-14-18;;/h3-5,18,22H,6-15H2,1-2H3,(H,23,26);2*1H. The van der Waals surface area contributed by atoms with Crippen LogP contribution in [0, 0.1) is 19.8 Å². The van der Waals surface area contributed by atoms with Gasteiger partial charge >= 0.3 is 0 Å². The smallest absolute Gasteiger partial charge is 0.238 e. The van der Waals surface area contributed by atoms with Crippen molar-refractivity contribution < 1.29 is 9.59 Å². The minimum Gasteiger partial charge on any atom is -0.340 e. The molecule has 0 spiro atoms. The summed E-state index contributed by atoms with van der Waals surface area (Å²) in [6.45, 7) is 9.50. The third kappa shape index (κ3) is 7.45. The predicted octanol–water partition coefficient (Wildman–Crippen LogP) is 2.62. The molecule has 1 aromatic rings. The average Bonchev–Trinajstić information content (AvgIpc) is 3.17. The van der Waals surface area contributed by atoms with Gasteiger partial charge in [-0.05, 0) is 56.8 Å². The monoisotopic (exact) mass is 444 g/mol. The van der Waals surface area contributed by atoms with Gasteiger partial charge in [-0.1, -0.05) is 18.2 Å². The first-order valence-electron chi connectivity index (χ1n) is 10.1. The number of halogens is 2. The van der Waals surface area contributed by atoms with Crippen LogP contribution in [-0.4, -0.2) is 67.4 Å². The molecule has 2 heterocycles. The Kier molecular flexibility index (Phi) is 11.0. The summed E-state index contributed by atoms with van der Waals surface area (Å²) < 4.78 is 0. The topological polar surface area (TPSA) is 64.7 Å². The normalized spacial score (nSPS) is 19.2. The van der Waals surface area contributed by atoms with Gasteiger partial charge in [0.2, 0.25) is 11.8 Å². The summed E-state index contributed by atoms with van der Waals surface area (Å²) in [6.07, 6.45) is 2.83. The summed E-state index contributed by atoms with van der Waals surface area (Å²) in [4.78, 5) is 28.9. The van der Waals surface area contributed by atoms with Crippen LogP contribution < -0.4 is 10.6 Å². The molecule has 6 nitrogen and oxygen atoms in total. The Balaban J connectivity index is 0.00000210. The van der Waals surface area contributed by atoms with Crippen molar-refractivity contribution in [1.82, 2.24) is 15.1 Å². The zero-order chi connectivity index (χ0) is 19.2. The zero-order valence-electron chi connectivity index (χ0n) is 17.4. The number of hydrogen-bond acceptors (Lipinski definition) is 4. The van der Waals surface area contributed by atoms with Gasteiger partial charge in [-0.2, -0.15) is 0 Å². The van der Waals surface area contributed by atoms with Crippen molar-refractivity contribution in [3.05, 3.63) is 29.3 Å². The Morgan fingerprint density at radius 2 is 1.76 bits per heavy atom. The van der Waals surface area contributed by atoms with E-state index in [1.165, 1.54) is 6.42 Å². The molecule has 1 atom stereocenters. The Hall–Kier alpha value is -1.34. The van der Waals surface area contributed by atoms with E-state index in [4.69, 9.17) is 0 Å². The first kappa shape index (κ1) is 25.7. The SMILES string of the molecule is Cc1cccc(C)c1NC(=O)CN1CCN(C(=O)CCC2CCNC2)CC1.Cl.Cl. The van der Waals surface area contributed by atoms with Gasteiger partial charge in [0, 0.05) is 38.3 Å². The van der Waals surface area contributed by atoms with E-state index in [2.05, 4.69) is 15.5 Å². The van der Waals surface area contributed by atoms with Crippen LogP contribution in [0.15, 0.2) is 18.2 Å². The van der Waals surface area contributed by atoms with Crippen molar-refractivity contribution in [2.75, 3.05) is 51.1 Å². The van der Waals surface area contributed by atoms with Crippen LogP contribution in [-0.2, 0) is 9.59 Å². The van der Waals surface area contributed by atoms with Crippen LogP contribution in [0.4, 0.5) is 5.69 Å². The van der Waals surface area contributed by atoms with Gasteiger partial charge in [-0.3, -0.25) is 14.5 Å². The Bertz CT molecular complexity index is 652. The Morgan fingerprint density at radius 1 is 1.10 bits per heavy atom. The fraction of sp³-hybridized carbons (Fsp3) is 0.619. The molecular weight excluding hydrogens is 411 g/mol. The van der Waals surface area contributed by atoms with Crippen LogP contribution in [0.3, 0.4) is 0 Å². The molecule has 29 heavy (non-hydrogen) atoms. The number of amides is 2. The minimum absolute atomic E-state index is 0. The van der Waals surface area contributed by atoms with Gasteiger partial charge in [0.1, 0.15) is 0 Å². The summed E-state index contributed by atoms with van der Waals surface area (Å²) in [6, 6.07) is 6.02. The number of piperazine rings is 1. The number of para-hydroxylation sites is 1. The molecule has 8 heteroatoms. The van der Waals surface area contributed by atoms with Gasteiger partial charge < -0.3 is 15.5 Å². The van der Waals surface area contributed by atoms with Gasteiger partial charge in [0.05, 0.1) is 6.54 Å². The molecule has 0 bridgehead atoms. The summed E-state index contributed by atoms with van der Waals surface area (Å²) in [5.41, 5.74) is 3.07. The highest BCUT2D eigenvalue weighted by Crippen LogP contribution is 2.19. The maximum absolute atomic E-state index is 12.4. The van der Waals surface area contributed by atoms with Crippen LogP contribution in [0.25, 0.3) is 0 Å². The highest BCUT2D eigenvalue weighted by Gasteiger charge is 2.24. The minimum atomic E-state index is 0. The molecule has 2 saturated heterocycles. The molecule has 0 radical (unpaired) electrons. The van der Waals surface area contributed by atoms with Gasteiger partial charge in [-0.15, -0.1) is 24.8 Å². The Morgan fingerprint density at radius 3 is 2.34 bits per heavy atom. The lowest BCUT2D eigenvalue weighted by Crippen LogP contribution is -2.50. The first-order chi connectivity index (χ1) is 13.0. The number of anilines is 1. The van der Waals surface area contributed by atoms with E-state index in [0.717, 1.165) is 62.5 Å². The van der Waals surface area contributed by atoms with Crippen molar-refractivity contribution in [3.63, 3.8) is 0 Å². The third-order valence-corrected chi connectivity index (χ3v) is 5.77. The van der Waals surface area contributed by atoms with Crippen molar-refractivity contribution in [2.45, 2.75) is 33.1 Å². The fourth-order valence-electron chi connectivity index (χ4n) is 4.00. The second-order valence-electron chi connectivity index (χ2n) is 7.87. The molecule has 2 aliphatic heterocycles.